The van der Waals surface area contributed by atoms with Crippen LogP contribution in [-0.2, 0) is 14.8 Å². The van der Waals surface area contributed by atoms with E-state index in [9.17, 15) is 8.42 Å². The third-order valence-corrected chi connectivity index (χ3v) is 5.39. The molecule has 0 fully saturated rings. The Morgan fingerprint density at radius 3 is 2.39 bits per heavy atom. The fraction of sp³-hybridized carbons (Fsp3) is 0.250. The molecule has 0 heterocycles. The molecule has 0 aliphatic heterocycles. The highest BCUT2D eigenvalue weighted by molar-refractivity contribution is 9.10. The van der Waals surface area contributed by atoms with Gasteiger partial charge in [0.05, 0.1) is 22.6 Å². The molecule has 1 atom stereocenters. The number of halogens is 1. The predicted octanol–water partition coefficient (Wildman–Crippen LogP) is 3.12. The maximum atomic E-state index is 12.4. The topological polar surface area (TPSA) is 64.6 Å². The van der Waals surface area contributed by atoms with E-state index in [-0.39, 0.29) is 17.5 Å². The molecule has 0 aliphatic carbocycles. The Balaban J connectivity index is 2.13. The second kappa shape index (κ2) is 7.92. The van der Waals surface area contributed by atoms with E-state index in [4.69, 9.17) is 9.47 Å². The van der Waals surface area contributed by atoms with Crippen molar-refractivity contribution in [1.29, 1.82) is 0 Å². The molecule has 0 bridgehead atoms. The van der Waals surface area contributed by atoms with E-state index < -0.39 is 10.0 Å². The summed E-state index contributed by atoms with van der Waals surface area (Å²) >= 11 is 3.29. The Morgan fingerprint density at radius 1 is 1.13 bits per heavy atom. The lowest BCUT2D eigenvalue weighted by Gasteiger charge is -2.17. The van der Waals surface area contributed by atoms with E-state index in [2.05, 4.69) is 20.7 Å². The molecule has 23 heavy (non-hydrogen) atoms. The van der Waals surface area contributed by atoms with Crippen LogP contribution in [0.25, 0.3) is 0 Å². The molecule has 1 N–H and O–H groups in total. The maximum Gasteiger partial charge on any atom is 0.240 e. The van der Waals surface area contributed by atoms with Gasteiger partial charge in [0.15, 0.2) is 0 Å². The number of sulfonamides is 1. The fourth-order valence-electron chi connectivity index (χ4n) is 2.09. The molecule has 2 aromatic carbocycles. The van der Waals surface area contributed by atoms with E-state index in [0.29, 0.717) is 10.2 Å². The Kier molecular flexibility index (Phi) is 6.17. The lowest BCUT2D eigenvalue weighted by atomic mass is 10.1. The van der Waals surface area contributed by atoms with Crippen LogP contribution in [0.4, 0.5) is 0 Å². The first-order valence-corrected chi connectivity index (χ1v) is 9.16. The molecular weight excluding hydrogens is 382 g/mol. The van der Waals surface area contributed by atoms with Crippen molar-refractivity contribution in [2.45, 2.75) is 11.0 Å². The van der Waals surface area contributed by atoms with Gasteiger partial charge < -0.3 is 9.47 Å². The van der Waals surface area contributed by atoms with Crippen LogP contribution >= 0.6 is 15.9 Å². The summed E-state index contributed by atoms with van der Waals surface area (Å²) in [5.74, 6) is 0.572. The minimum Gasteiger partial charge on any atom is -0.496 e. The molecule has 124 valence electrons. The Morgan fingerprint density at radius 2 is 1.83 bits per heavy atom. The van der Waals surface area contributed by atoms with E-state index in [1.807, 2.05) is 30.3 Å². The molecule has 0 saturated heterocycles. The lowest BCUT2D eigenvalue weighted by Crippen LogP contribution is -2.29. The fourth-order valence-corrected chi connectivity index (χ4v) is 3.84. The normalized spacial score (nSPS) is 12.8. The van der Waals surface area contributed by atoms with Crippen LogP contribution in [0, 0.1) is 0 Å². The maximum absolute atomic E-state index is 12.4. The molecular formula is C16H18BrNO4S. The zero-order valence-corrected chi connectivity index (χ0v) is 15.2. The molecule has 0 radical (unpaired) electrons. The lowest BCUT2D eigenvalue weighted by molar-refractivity contribution is 0.107. The summed E-state index contributed by atoms with van der Waals surface area (Å²) in [6.07, 6.45) is -0.354. The number of hydrogen-bond donors (Lipinski definition) is 1. The molecule has 0 spiro atoms. The first-order valence-electron chi connectivity index (χ1n) is 6.89. The molecule has 2 aromatic rings. The van der Waals surface area contributed by atoms with Crippen LogP contribution in [0.5, 0.6) is 5.75 Å². The summed E-state index contributed by atoms with van der Waals surface area (Å²) in [5, 5.41) is 0. The first kappa shape index (κ1) is 17.9. The highest BCUT2D eigenvalue weighted by Gasteiger charge is 2.19. The van der Waals surface area contributed by atoms with Crippen molar-refractivity contribution in [3.8, 4) is 5.75 Å². The number of rotatable bonds is 7. The van der Waals surface area contributed by atoms with Crippen molar-refractivity contribution in [3.05, 3.63) is 58.6 Å². The van der Waals surface area contributed by atoms with Gasteiger partial charge in [-0.15, -0.1) is 0 Å². The molecule has 5 nitrogen and oxygen atoms in total. The van der Waals surface area contributed by atoms with Gasteiger partial charge in [0.25, 0.3) is 0 Å². The zero-order valence-electron chi connectivity index (χ0n) is 12.8. The minimum atomic E-state index is -3.64. The number of methoxy groups -OCH3 is 2. The Labute approximate surface area is 144 Å². The highest BCUT2D eigenvalue weighted by Crippen LogP contribution is 2.27. The van der Waals surface area contributed by atoms with E-state index in [0.717, 1.165) is 5.56 Å². The SMILES string of the molecule is COc1ccc(S(=O)(=O)NCC(OC)c2ccccc2)cc1Br. The minimum absolute atomic E-state index is 0.145. The van der Waals surface area contributed by atoms with Crippen LogP contribution < -0.4 is 9.46 Å². The van der Waals surface area contributed by atoms with Gasteiger partial charge in [0.2, 0.25) is 10.0 Å². The van der Waals surface area contributed by atoms with Crippen molar-refractivity contribution >= 4 is 26.0 Å². The average Bonchev–Trinajstić information content (AvgIpc) is 2.56. The van der Waals surface area contributed by atoms with E-state index >= 15 is 0 Å². The second-order valence-electron chi connectivity index (χ2n) is 4.78. The van der Waals surface area contributed by atoms with Crippen LogP contribution in [0.3, 0.4) is 0 Å². The standard InChI is InChI=1S/C16H18BrNO4S/c1-21-15-9-8-13(10-14(15)17)23(19,20)18-11-16(22-2)12-6-4-3-5-7-12/h3-10,16,18H,11H2,1-2H3. The van der Waals surface area contributed by atoms with Crippen molar-refractivity contribution in [1.82, 2.24) is 4.72 Å². The largest absolute Gasteiger partial charge is 0.496 e. The third kappa shape index (κ3) is 4.54. The Hall–Kier alpha value is -1.41. The van der Waals surface area contributed by atoms with Gasteiger partial charge in [-0.1, -0.05) is 30.3 Å². The zero-order chi connectivity index (χ0) is 16.9. The van der Waals surface area contributed by atoms with E-state index in [1.54, 1.807) is 13.2 Å². The van der Waals surface area contributed by atoms with Crippen LogP contribution in [0.1, 0.15) is 11.7 Å². The predicted molar refractivity (Wildman–Crippen MR) is 92.1 cm³/mol. The summed E-state index contributed by atoms with van der Waals surface area (Å²) in [7, 11) is -0.562. The number of benzene rings is 2. The third-order valence-electron chi connectivity index (χ3n) is 3.35. The molecule has 0 saturated carbocycles. The molecule has 7 heteroatoms. The number of hydrogen-bond acceptors (Lipinski definition) is 4. The Bertz CT molecular complexity index is 750. The molecule has 0 aliphatic rings. The summed E-state index contributed by atoms with van der Waals surface area (Å²) in [6.45, 7) is 0.145. The quantitative estimate of drug-likeness (QED) is 0.776. The number of ether oxygens (including phenoxy) is 2. The summed E-state index contributed by atoms with van der Waals surface area (Å²) < 4.78 is 38.4. The van der Waals surface area contributed by atoms with Crippen LogP contribution in [0.15, 0.2) is 57.9 Å². The number of nitrogens with one attached hydrogen (secondary N) is 1. The summed E-state index contributed by atoms with van der Waals surface area (Å²) in [4.78, 5) is 0.160. The van der Waals surface area contributed by atoms with Gasteiger partial charge in [-0.25, -0.2) is 13.1 Å². The van der Waals surface area contributed by atoms with Crippen molar-refractivity contribution in [2.24, 2.45) is 0 Å². The summed E-state index contributed by atoms with van der Waals surface area (Å²) in [5.41, 5.74) is 0.911. The summed E-state index contributed by atoms with van der Waals surface area (Å²) in [6, 6.07) is 14.1. The average molecular weight is 400 g/mol. The molecule has 2 rings (SSSR count). The van der Waals surface area contributed by atoms with E-state index in [1.165, 1.54) is 19.2 Å². The van der Waals surface area contributed by atoms with Gasteiger partial charge >= 0.3 is 0 Å². The van der Waals surface area contributed by atoms with Crippen molar-refractivity contribution in [2.75, 3.05) is 20.8 Å². The smallest absolute Gasteiger partial charge is 0.240 e. The van der Waals surface area contributed by atoms with Gasteiger partial charge in [-0.3, -0.25) is 0 Å². The molecule has 0 amide bonds. The van der Waals surface area contributed by atoms with Crippen molar-refractivity contribution < 1.29 is 17.9 Å². The second-order valence-corrected chi connectivity index (χ2v) is 7.40. The van der Waals surface area contributed by atoms with Gasteiger partial charge in [0, 0.05) is 13.7 Å². The highest BCUT2D eigenvalue weighted by atomic mass is 79.9. The van der Waals surface area contributed by atoms with Gasteiger partial charge in [0.1, 0.15) is 5.75 Å². The van der Waals surface area contributed by atoms with Gasteiger partial charge in [-0.05, 0) is 39.7 Å². The molecule has 1 unspecified atom stereocenters. The van der Waals surface area contributed by atoms with Gasteiger partial charge in [-0.2, -0.15) is 0 Å². The van der Waals surface area contributed by atoms with Crippen LogP contribution in [-0.4, -0.2) is 29.2 Å². The molecule has 0 aromatic heterocycles. The van der Waals surface area contributed by atoms with Crippen molar-refractivity contribution in [3.63, 3.8) is 0 Å². The monoisotopic (exact) mass is 399 g/mol. The first-order chi connectivity index (χ1) is 11.0. The van der Waals surface area contributed by atoms with Crippen LogP contribution in [0.2, 0.25) is 0 Å².